The molecule has 1 amide bonds. The number of fused-ring (bicyclic) bond motifs is 3. The third kappa shape index (κ3) is 3.41. The van der Waals surface area contributed by atoms with Gasteiger partial charge in [0.1, 0.15) is 12.2 Å². The first-order chi connectivity index (χ1) is 13.8. The fourth-order valence-electron chi connectivity index (χ4n) is 6.20. The van der Waals surface area contributed by atoms with Gasteiger partial charge in [0.2, 0.25) is 0 Å². The summed E-state index contributed by atoms with van der Waals surface area (Å²) in [6.45, 7) is 6.19. The second-order valence-electron chi connectivity index (χ2n) is 9.56. The molecule has 1 aliphatic heterocycles. The zero-order valence-corrected chi connectivity index (χ0v) is 17.4. The Labute approximate surface area is 172 Å². The molecular weight excluding hydrogens is 370 g/mol. The molecule has 158 valence electrons. The highest BCUT2D eigenvalue weighted by Gasteiger charge is 2.62. The number of carbonyl (C=O) groups excluding carboxylic acids is 2. The van der Waals surface area contributed by atoms with Gasteiger partial charge in [-0.25, -0.2) is 4.79 Å². The molecule has 3 fully saturated rings. The monoisotopic (exact) mass is 401 g/mol. The van der Waals surface area contributed by atoms with Crippen molar-refractivity contribution in [2.75, 3.05) is 11.9 Å². The lowest BCUT2D eigenvalue weighted by molar-refractivity contribution is -0.174. The minimum Gasteiger partial charge on any atom is -0.462 e. The number of hydrogen-bond acceptors (Lipinski definition) is 5. The van der Waals surface area contributed by atoms with E-state index in [0.29, 0.717) is 18.5 Å². The van der Waals surface area contributed by atoms with Crippen molar-refractivity contribution < 1.29 is 24.2 Å². The number of amides is 1. The van der Waals surface area contributed by atoms with Gasteiger partial charge in [-0.3, -0.25) is 10.1 Å². The molecule has 6 heteroatoms. The predicted octanol–water partition coefficient (Wildman–Crippen LogP) is 4.05. The number of nitrogens with one attached hydrogen (secondary N) is 1. The van der Waals surface area contributed by atoms with Gasteiger partial charge >= 0.3 is 12.1 Å². The number of benzene rings is 1. The van der Waals surface area contributed by atoms with Crippen molar-refractivity contribution in [3.63, 3.8) is 0 Å². The molecule has 0 aromatic heterocycles. The molecule has 2 saturated carbocycles. The van der Waals surface area contributed by atoms with Gasteiger partial charge in [-0.1, -0.05) is 31.5 Å². The van der Waals surface area contributed by atoms with Crippen LogP contribution in [0, 0.1) is 29.6 Å². The SMILES string of the molecule is Cc1ccc(NC(=O)OC2CCC3(C)C4CC(=O)OC4CCC3C2(C)CO)cc1. The van der Waals surface area contributed by atoms with Gasteiger partial charge < -0.3 is 14.6 Å². The Morgan fingerprint density at radius 1 is 1.24 bits per heavy atom. The van der Waals surface area contributed by atoms with E-state index >= 15 is 0 Å². The Hall–Kier alpha value is -2.08. The van der Waals surface area contributed by atoms with E-state index in [1.54, 1.807) is 0 Å². The van der Waals surface area contributed by atoms with E-state index in [1.165, 1.54) is 0 Å². The molecule has 1 aromatic rings. The number of aliphatic hydroxyl groups excluding tert-OH is 1. The summed E-state index contributed by atoms with van der Waals surface area (Å²) in [5.41, 5.74) is 1.16. The fraction of sp³-hybridized carbons (Fsp3) is 0.652. The van der Waals surface area contributed by atoms with Crippen LogP contribution < -0.4 is 5.32 Å². The maximum Gasteiger partial charge on any atom is 0.411 e. The van der Waals surface area contributed by atoms with Crippen LogP contribution in [-0.4, -0.2) is 36.0 Å². The number of aliphatic hydroxyl groups is 1. The van der Waals surface area contributed by atoms with E-state index < -0.39 is 11.5 Å². The summed E-state index contributed by atoms with van der Waals surface area (Å²) >= 11 is 0. The predicted molar refractivity (Wildman–Crippen MR) is 108 cm³/mol. The third-order valence-electron chi connectivity index (χ3n) is 7.87. The number of carbonyl (C=O) groups is 2. The first-order valence-electron chi connectivity index (χ1n) is 10.6. The van der Waals surface area contributed by atoms with Gasteiger partial charge in [-0.05, 0) is 56.1 Å². The van der Waals surface area contributed by atoms with Gasteiger partial charge in [-0.15, -0.1) is 0 Å². The topological polar surface area (TPSA) is 84.9 Å². The maximum atomic E-state index is 12.6. The van der Waals surface area contributed by atoms with E-state index in [9.17, 15) is 14.7 Å². The highest BCUT2D eigenvalue weighted by molar-refractivity contribution is 5.84. The number of hydrogen-bond donors (Lipinski definition) is 2. The van der Waals surface area contributed by atoms with Crippen LogP contribution in [0.1, 0.15) is 51.5 Å². The minimum atomic E-state index is -0.547. The highest BCUT2D eigenvalue weighted by Crippen LogP contribution is 2.62. The molecule has 0 bridgehead atoms. The van der Waals surface area contributed by atoms with Gasteiger partial charge in [0.25, 0.3) is 0 Å². The normalized spacial score (nSPS) is 38.6. The van der Waals surface area contributed by atoms with Crippen LogP contribution in [0.3, 0.4) is 0 Å². The quantitative estimate of drug-likeness (QED) is 0.747. The van der Waals surface area contributed by atoms with Crippen molar-refractivity contribution in [3.05, 3.63) is 29.8 Å². The fourth-order valence-corrected chi connectivity index (χ4v) is 6.20. The molecule has 2 aliphatic carbocycles. The Balaban J connectivity index is 1.50. The smallest absolute Gasteiger partial charge is 0.411 e. The Bertz CT molecular complexity index is 793. The Kier molecular flexibility index (Phi) is 5.09. The van der Waals surface area contributed by atoms with Crippen LogP contribution in [0.2, 0.25) is 0 Å². The standard InChI is InChI=1S/C23H31NO5/c1-14-4-6-15(7-5-14)24-21(27)29-19-10-11-22(2)16-12-20(26)28-17(16)8-9-18(22)23(19,3)13-25/h4-7,16-19,25H,8-13H2,1-3H3,(H,24,27). The largest absolute Gasteiger partial charge is 0.462 e. The van der Waals surface area contributed by atoms with Crippen molar-refractivity contribution >= 4 is 17.7 Å². The van der Waals surface area contributed by atoms with Crippen molar-refractivity contribution in [2.45, 2.75) is 65.1 Å². The number of ether oxygens (including phenoxy) is 2. The lowest BCUT2D eigenvalue weighted by Gasteiger charge is -2.59. The molecule has 3 aliphatic rings. The molecule has 6 nitrogen and oxygen atoms in total. The van der Waals surface area contributed by atoms with E-state index in [-0.39, 0.29) is 42.0 Å². The van der Waals surface area contributed by atoms with Crippen molar-refractivity contribution in [3.8, 4) is 0 Å². The Morgan fingerprint density at radius 3 is 2.66 bits per heavy atom. The zero-order valence-electron chi connectivity index (χ0n) is 17.4. The lowest BCUT2D eigenvalue weighted by Crippen LogP contribution is -2.59. The maximum absolute atomic E-state index is 12.6. The molecule has 0 spiro atoms. The minimum absolute atomic E-state index is 0.00556. The summed E-state index contributed by atoms with van der Waals surface area (Å²) in [4.78, 5) is 24.5. The van der Waals surface area contributed by atoms with E-state index in [0.717, 1.165) is 24.8 Å². The molecule has 6 unspecified atom stereocenters. The van der Waals surface area contributed by atoms with Gasteiger partial charge in [0, 0.05) is 17.0 Å². The zero-order chi connectivity index (χ0) is 20.8. The molecule has 4 rings (SSSR count). The van der Waals surface area contributed by atoms with Crippen molar-refractivity contribution in [2.24, 2.45) is 22.7 Å². The molecule has 0 radical (unpaired) electrons. The number of aryl methyl sites for hydroxylation is 1. The van der Waals surface area contributed by atoms with Crippen molar-refractivity contribution in [1.82, 2.24) is 0 Å². The molecule has 2 N–H and O–H groups in total. The van der Waals surface area contributed by atoms with Crippen LogP contribution in [-0.2, 0) is 14.3 Å². The average molecular weight is 402 g/mol. The average Bonchev–Trinajstić information content (AvgIpc) is 3.08. The number of anilines is 1. The number of esters is 1. The third-order valence-corrected chi connectivity index (χ3v) is 7.87. The summed E-state index contributed by atoms with van der Waals surface area (Å²) in [5.74, 6) is 0.243. The summed E-state index contributed by atoms with van der Waals surface area (Å²) in [5, 5.41) is 13.2. The molecule has 1 aromatic carbocycles. The van der Waals surface area contributed by atoms with Crippen LogP contribution >= 0.6 is 0 Å². The van der Waals surface area contributed by atoms with Crippen LogP contribution in [0.4, 0.5) is 10.5 Å². The highest BCUT2D eigenvalue weighted by atomic mass is 16.6. The molecule has 29 heavy (non-hydrogen) atoms. The summed E-state index contributed by atoms with van der Waals surface area (Å²) in [6.07, 6.45) is 2.79. The van der Waals surface area contributed by atoms with E-state index in [1.807, 2.05) is 38.1 Å². The van der Waals surface area contributed by atoms with Crippen LogP contribution in [0.5, 0.6) is 0 Å². The molecule has 6 atom stereocenters. The number of rotatable bonds is 3. The second kappa shape index (κ2) is 7.31. The Morgan fingerprint density at radius 2 is 1.97 bits per heavy atom. The van der Waals surface area contributed by atoms with Crippen LogP contribution in [0.15, 0.2) is 24.3 Å². The van der Waals surface area contributed by atoms with Gasteiger partial charge in [-0.2, -0.15) is 0 Å². The summed E-state index contributed by atoms with van der Waals surface area (Å²) in [7, 11) is 0. The first-order valence-corrected chi connectivity index (χ1v) is 10.6. The summed E-state index contributed by atoms with van der Waals surface area (Å²) < 4.78 is 11.4. The van der Waals surface area contributed by atoms with Crippen LogP contribution in [0.25, 0.3) is 0 Å². The van der Waals surface area contributed by atoms with Gasteiger partial charge in [0.15, 0.2) is 0 Å². The summed E-state index contributed by atoms with van der Waals surface area (Å²) in [6, 6.07) is 7.56. The van der Waals surface area contributed by atoms with Gasteiger partial charge in [0.05, 0.1) is 13.0 Å². The molecule has 1 heterocycles. The second-order valence-corrected chi connectivity index (χ2v) is 9.56. The lowest BCUT2D eigenvalue weighted by atomic mass is 9.46. The van der Waals surface area contributed by atoms with E-state index in [2.05, 4.69) is 12.2 Å². The van der Waals surface area contributed by atoms with E-state index in [4.69, 9.17) is 9.47 Å². The molecule has 1 saturated heterocycles. The van der Waals surface area contributed by atoms with Crippen molar-refractivity contribution in [1.29, 1.82) is 0 Å². The molecular formula is C23H31NO5. The first kappa shape index (κ1) is 20.2.